The third-order valence-electron chi connectivity index (χ3n) is 3.11. The van der Waals surface area contributed by atoms with Crippen molar-refractivity contribution in [2.75, 3.05) is 7.11 Å². The number of halogens is 1. The molecule has 2 aromatic heterocycles. The summed E-state index contributed by atoms with van der Waals surface area (Å²) in [5, 5.41) is 1.67. The molecule has 0 aliphatic carbocycles. The number of thiophene rings is 1. The Balaban J connectivity index is 2.24. The van der Waals surface area contributed by atoms with Gasteiger partial charge in [-0.05, 0) is 29.6 Å². The van der Waals surface area contributed by atoms with E-state index in [4.69, 9.17) is 4.74 Å². The van der Waals surface area contributed by atoms with Crippen LogP contribution < -0.4 is 4.80 Å². The zero-order valence-electron chi connectivity index (χ0n) is 12.3. The molecule has 0 saturated heterocycles. The highest BCUT2D eigenvalue weighted by atomic mass is 79.9. The molecule has 0 bridgehead atoms. The molecule has 2 heterocycles. The highest BCUT2D eigenvalue weighted by Gasteiger charge is 2.17. The summed E-state index contributed by atoms with van der Waals surface area (Å²) in [6.45, 7) is -0.114. The molecule has 0 N–H and O–H groups in total. The van der Waals surface area contributed by atoms with E-state index in [1.807, 2.05) is 12.1 Å². The molecule has 10 heteroatoms. The Bertz CT molecular complexity index is 1070. The monoisotopic (exact) mass is 446 g/mol. The van der Waals surface area contributed by atoms with E-state index in [0.717, 1.165) is 20.5 Å². The Morgan fingerprint density at radius 3 is 2.83 bits per heavy atom. The number of benzene rings is 1. The largest absolute Gasteiger partial charge is 0.468 e. The van der Waals surface area contributed by atoms with Gasteiger partial charge in [0.05, 0.1) is 17.3 Å². The van der Waals surface area contributed by atoms with Crippen molar-refractivity contribution in [3.05, 3.63) is 45.0 Å². The van der Waals surface area contributed by atoms with E-state index in [-0.39, 0.29) is 15.6 Å². The normalized spacial score (nSPS) is 12.7. The zero-order valence-corrected chi connectivity index (χ0v) is 16.3. The lowest BCUT2D eigenvalue weighted by Gasteiger charge is -2.03. The first-order chi connectivity index (χ1) is 11.4. The second kappa shape index (κ2) is 6.79. The van der Waals surface area contributed by atoms with Gasteiger partial charge < -0.3 is 9.30 Å². The molecule has 0 saturated carbocycles. The summed E-state index contributed by atoms with van der Waals surface area (Å²) >= 11 is 5.68. The Kier molecular flexibility index (Phi) is 4.90. The lowest BCUT2D eigenvalue weighted by molar-refractivity contribution is -0.141. The predicted molar refractivity (Wildman–Crippen MR) is 96.6 cm³/mol. The van der Waals surface area contributed by atoms with Gasteiger partial charge in [-0.15, -0.1) is 15.7 Å². The van der Waals surface area contributed by atoms with E-state index >= 15 is 0 Å². The summed E-state index contributed by atoms with van der Waals surface area (Å²) < 4.78 is 36.9. The van der Waals surface area contributed by atoms with Gasteiger partial charge in [0.15, 0.2) is 0 Å². The van der Waals surface area contributed by atoms with Crippen molar-refractivity contribution >= 4 is 64.8 Å². The van der Waals surface area contributed by atoms with Crippen LogP contribution in [0.25, 0.3) is 10.2 Å². The minimum Gasteiger partial charge on any atom is -0.468 e. The van der Waals surface area contributed by atoms with Crippen molar-refractivity contribution in [1.82, 2.24) is 4.57 Å². The Hall–Kier alpha value is -1.49. The van der Waals surface area contributed by atoms with Gasteiger partial charge in [-0.1, -0.05) is 33.3 Å². The lowest BCUT2D eigenvalue weighted by atomic mass is 10.3. The minimum atomic E-state index is -3.82. The average molecular weight is 447 g/mol. The van der Waals surface area contributed by atoms with Gasteiger partial charge in [-0.2, -0.15) is 8.42 Å². The van der Waals surface area contributed by atoms with Gasteiger partial charge >= 0.3 is 5.97 Å². The third kappa shape index (κ3) is 3.46. The van der Waals surface area contributed by atoms with Crippen LogP contribution in [0.15, 0.2) is 48.8 Å². The van der Waals surface area contributed by atoms with Crippen LogP contribution in [0.1, 0.15) is 0 Å². The molecule has 0 amide bonds. The number of hydrogen-bond acceptors (Lipinski definition) is 6. The Morgan fingerprint density at radius 2 is 2.17 bits per heavy atom. The molecule has 6 nitrogen and oxygen atoms in total. The van der Waals surface area contributed by atoms with Gasteiger partial charge in [0.1, 0.15) is 10.8 Å². The van der Waals surface area contributed by atoms with Crippen molar-refractivity contribution in [3.8, 4) is 0 Å². The van der Waals surface area contributed by atoms with Crippen molar-refractivity contribution < 1.29 is 17.9 Å². The van der Waals surface area contributed by atoms with Gasteiger partial charge in [0.25, 0.3) is 10.0 Å². The molecule has 24 heavy (non-hydrogen) atoms. The van der Waals surface area contributed by atoms with Crippen LogP contribution >= 0.6 is 38.6 Å². The molecule has 0 spiro atoms. The molecule has 0 unspecified atom stereocenters. The van der Waals surface area contributed by atoms with Crippen molar-refractivity contribution in [3.63, 3.8) is 0 Å². The number of thiazole rings is 1. The molecule has 0 atom stereocenters. The summed E-state index contributed by atoms with van der Waals surface area (Å²) in [6.07, 6.45) is 0. The first kappa shape index (κ1) is 17.3. The number of carbonyl (C=O) groups is 1. The quantitative estimate of drug-likeness (QED) is 0.577. The molecule has 0 radical (unpaired) electrons. The highest BCUT2D eigenvalue weighted by Crippen LogP contribution is 2.23. The number of carbonyl (C=O) groups excluding carboxylic acids is 1. The van der Waals surface area contributed by atoms with E-state index in [1.165, 1.54) is 24.5 Å². The SMILES string of the molecule is COC(=O)Cn1/c(=N/S(=O)(=O)c2cccs2)sc2cc(Br)ccc21. The first-order valence-electron chi connectivity index (χ1n) is 6.61. The lowest BCUT2D eigenvalue weighted by Crippen LogP contribution is -2.22. The van der Waals surface area contributed by atoms with Crippen LogP contribution in [-0.2, 0) is 26.1 Å². The summed E-state index contributed by atoms with van der Waals surface area (Å²) in [4.78, 5) is 11.9. The van der Waals surface area contributed by atoms with Crippen LogP contribution in [-0.4, -0.2) is 26.1 Å². The summed E-state index contributed by atoms with van der Waals surface area (Å²) in [7, 11) is -2.54. The highest BCUT2D eigenvalue weighted by molar-refractivity contribution is 9.10. The predicted octanol–water partition coefficient (Wildman–Crippen LogP) is 2.99. The van der Waals surface area contributed by atoms with E-state index in [0.29, 0.717) is 5.52 Å². The minimum absolute atomic E-state index is 0.114. The maximum Gasteiger partial charge on any atom is 0.325 e. The number of aromatic nitrogens is 1. The van der Waals surface area contributed by atoms with Crippen LogP contribution in [0.2, 0.25) is 0 Å². The van der Waals surface area contributed by atoms with Gasteiger partial charge in [0.2, 0.25) is 4.80 Å². The second-order valence-electron chi connectivity index (χ2n) is 4.66. The van der Waals surface area contributed by atoms with Gasteiger partial charge in [-0.3, -0.25) is 4.79 Å². The number of ether oxygens (including phenoxy) is 1. The maximum atomic E-state index is 12.4. The van der Waals surface area contributed by atoms with Crippen LogP contribution in [0, 0.1) is 0 Å². The molecular formula is C14H11BrN2O4S3. The van der Waals surface area contributed by atoms with E-state index in [9.17, 15) is 13.2 Å². The van der Waals surface area contributed by atoms with Crippen LogP contribution in [0.5, 0.6) is 0 Å². The van der Waals surface area contributed by atoms with Gasteiger partial charge in [0, 0.05) is 4.47 Å². The maximum absolute atomic E-state index is 12.4. The van der Waals surface area contributed by atoms with Gasteiger partial charge in [-0.25, -0.2) is 0 Å². The van der Waals surface area contributed by atoms with Crippen molar-refractivity contribution in [1.29, 1.82) is 0 Å². The second-order valence-corrected chi connectivity index (χ2v) is 9.36. The summed E-state index contributed by atoms with van der Waals surface area (Å²) in [6, 6.07) is 8.62. The smallest absolute Gasteiger partial charge is 0.325 e. The molecule has 0 aliphatic heterocycles. The molecular weight excluding hydrogens is 436 g/mol. The molecule has 3 aromatic rings. The number of rotatable bonds is 4. The number of hydrogen-bond donors (Lipinski definition) is 0. The fourth-order valence-electron chi connectivity index (χ4n) is 2.02. The fraction of sp³-hybridized carbons (Fsp3) is 0.143. The molecule has 1 aromatic carbocycles. The third-order valence-corrected chi connectivity index (χ3v) is 7.40. The van der Waals surface area contributed by atoms with Crippen molar-refractivity contribution in [2.45, 2.75) is 10.8 Å². The standard InChI is InChI=1S/C14H11BrN2O4S3/c1-21-12(18)8-17-10-5-4-9(15)7-11(10)23-14(17)16-24(19,20)13-3-2-6-22-13/h2-7H,8H2,1H3/b16-14-. The van der Waals surface area contributed by atoms with E-state index in [2.05, 4.69) is 20.3 Å². The van der Waals surface area contributed by atoms with E-state index in [1.54, 1.807) is 22.1 Å². The first-order valence-corrected chi connectivity index (χ1v) is 10.5. The van der Waals surface area contributed by atoms with E-state index < -0.39 is 16.0 Å². The molecule has 0 fully saturated rings. The van der Waals surface area contributed by atoms with Crippen LogP contribution in [0.4, 0.5) is 0 Å². The zero-order chi connectivity index (χ0) is 17.3. The van der Waals surface area contributed by atoms with Crippen LogP contribution in [0.3, 0.4) is 0 Å². The number of methoxy groups -OCH3 is 1. The molecule has 3 rings (SSSR count). The topological polar surface area (TPSA) is 77.7 Å². The number of sulfonamides is 1. The molecule has 126 valence electrons. The Labute approximate surface area is 154 Å². The molecule has 0 aliphatic rings. The Morgan fingerprint density at radius 1 is 1.38 bits per heavy atom. The number of fused-ring (bicyclic) bond motifs is 1. The summed E-state index contributed by atoms with van der Waals surface area (Å²) in [5.41, 5.74) is 0.716. The number of esters is 1. The fourth-order valence-corrected chi connectivity index (χ4v) is 5.77. The average Bonchev–Trinajstić information content (AvgIpc) is 3.16. The number of nitrogens with zero attached hydrogens (tertiary/aromatic N) is 2. The summed E-state index contributed by atoms with van der Waals surface area (Å²) in [5.74, 6) is -0.479. The van der Waals surface area contributed by atoms with Crippen molar-refractivity contribution in [2.24, 2.45) is 4.40 Å².